The topological polar surface area (TPSA) is 93.7 Å². The van der Waals surface area contributed by atoms with Gasteiger partial charge in [0.2, 0.25) is 10.0 Å². The Morgan fingerprint density at radius 1 is 1.08 bits per heavy atom. The Morgan fingerprint density at radius 2 is 1.81 bits per heavy atom. The highest BCUT2D eigenvalue weighted by Gasteiger charge is 2.18. The second-order valence-electron chi connectivity index (χ2n) is 5.54. The number of benzene rings is 2. The third-order valence-electron chi connectivity index (χ3n) is 3.93. The van der Waals surface area contributed by atoms with Gasteiger partial charge in [0.15, 0.2) is 0 Å². The van der Waals surface area contributed by atoms with Crippen molar-refractivity contribution in [1.82, 2.24) is 10.0 Å². The maximum Gasteiger partial charge on any atom is 0.251 e. The highest BCUT2D eigenvalue weighted by molar-refractivity contribution is 7.89. The molecule has 26 heavy (non-hydrogen) atoms. The van der Waals surface area contributed by atoms with Crippen LogP contribution in [0, 0.1) is 0 Å². The van der Waals surface area contributed by atoms with E-state index in [0.717, 1.165) is 5.56 Å². The van der Waals surface area contributed by atoms with E-state index in [9.17, 15) is 13.2 Å². The number of hydrogen-bond acceptors (Lipinski definition) is 5. The Bertz CT molecular complexity index is 896. The molecule has 0 radical (unpaired) electrons. The first kappa shape index (κ1) is 19.7. The molecule has 1 amide bonds. The van der Waals surface area contributed by atoms with Crippen molar-refractivity contribution in [3.63, 3.8) is 0 Å². The molecule has 0 aromatic heterocycles. The third kappa shape index (κ3) is 4.33. The van der Waals surface area contributed by atoms with Crippen LogP contribution in [0.3, 0.4) is 0 Å². The summed E-state index contributed by atoms with van der Waals surface area (Å²) in [6.07, 6.45) is 0. The van der Waals surface area contributed by atoms with Gasteiger partial charge in [-0.1, -0.05) is 6.07 Å². The number of methoxy groups -OCH3 is 2. The second kappa shape index (κ2) is 8.20. The number of nitrogens with one attached hydrogen (secondary N) is 2. The van der Waals surface area contributed by atoms with Crippen LogP contribution >= 0.6 is 0 Å². The molecule has 2 rings (SSSR count). The van der Waals surface area contributed by atoms with Crippen molar-refractivity contribution in [1.29, 1.82) is 0 Å². The molecule has 0 spiro atoms. The summed E-state index contributed by atoms with van der Waals surface area (Å²) in [4.78, 5) is 12.6. The van der Waals surface area contributed by atoms with Gasteiger partial charge in [-0.05, 0) is 50.4 Å². The predicted molar refractivity (Wildman–Crippen MR) is 98.1 cm³/mol. The zero-order chi connectivity index (χ0) is 19.3. The summed E-state index contributed by atoms with van der Waals surface area (Å²) in [5.74, 6) is 0.865. The minimum Gasteiger partial charge on any atom is -0.497 e. The summed E-state index contributed by atoms with van der Waals surface area (Å²) < 4.78 is 36.6. The van der Waals surface area contributed by atoms with Crippen LogP contribution in [-0.2, 0) is 10.0 Å². The van der Waals surface area contributed by atoms with Crippen molar-refractivity contribution >= 4 is 15.9 Å². The van der Waals surface area contributed by atoms with Crippen LogP contribution in [0.15, 0.2) is 47.4 Å². The fourth-order valence-corrected chi connectivity index (χ4v) is 3.23. The lowest BCUT2D eigenvalue weighted by Gasteiger charge is -2.18. The lowest BCUT2D eigenvalue weighted by molar-refractivity contribution is 0.0939. The molecule has 0 saturated carbocycles. The number of carbonyl (C=O) groups is 1. The second-order valence-corrected chi connectivity index (χ2v) is 7.42. The quantitative estimate of drug-likeness (QED) is 0.770. The first-order valence-electron chi connectivity index (χ1n) is 7.88. The maximum absolute atomic E-state index is 12.6. The zero-order valence-electron chi connectivity index (χ0n) is 15.1. The summed E-state index contributed by atoms with van der Waals surface area (Å²) in [5, 5.41) is 2.85. The van der Waals surface area contributed by atoms with Crippen LogP contribution in [0.5, 0.6) is 11.5 Å². The van der Waals surface area contributed by atoms with Gasteiger partial charge >= 0.3 is 0 Å². The monoisotopic (exact) mass is 378 g/mol. The standard InChI is InChI=1S/C18H22N2O5S/c1-12(16-11-14(24-3)8-9-17(16)25-4)20-18(21)13-6-5-7-15(10-13)26(22,23)19-2/h5-12,19H,1-4H3,(H,20,21)/t12-/m0/s1. The van der Waals surface area contributed by atoms with E-state index in [1.807, 2.05) is 6.92 Å². The molecule has 2 aromatic rings. The zero-order valence-corrected chi connectivity index (χ0v) is 15.9. The van der Waals surface area contributed by atoms with Crippen molar-refractivity contribution in [2.24, 2.45) is 0 Å². The Hall–Kier alpha value is -2.58. The maximum atomic E-state index is 12.6. The fraction of sp³-hybridized carbons (Fsp3) is 0.278. The lowest BCUT2D eigenvalue weighted by Crippen LogP contribution is -2.27. The van der Waals surface area contributed by atoms with Crippen molar-refractivity contribution in [2.45, 2.75) is 17.9 Å². The summed E-state index contributed by atoms with van der Waals surface area (Å²) in [6.45, 7) is 1.81. The van der Waals surface area contributed by atoms with E-state index >= 15 is 0 Å². The van der Waals surface area contributed by atoms with Crippen molar-refractivity contribution in [3.8, 4) is 11.5 Å². The lowest BCUT2D eigenvalue weighted by atomic mass is 10.1. The molecule has 0 aliphatic heterocycles. The van der Waals surface area contributed by atoms with Gasteiger partial charge in [-0.25, -0.2) is 13.1 Å². The molecule has 0 aliphatic rings. The molecule has 0 saturated heterocycles. The summed E-state index contributed by atoms with van der Waals surface area (Å²) in [7, 11) is 0.803. The molecule has 0 aliphatic carbocycles. The Kier molecular flexibility index (Phi) is 6.23. The minimum atomic E-state index is -3.62. The molecular formula is C18H22N2O5S. The molecule has 0 fully saturated rings. The van der Waals surface area contributed by atoms with Gasteiger partial charge < -0.3 is 14.8 Å². The van der Waals surface area contributed by atoms with E-state index in [1.54, 1.807) is 38.5 Å². The van der Waals surface area contributed by atoms with Gasteiger partial charge in [0.1, 0.15) is 11.5 Å². The summed E-state index contributed by atoms with van der Waals surface area (Å²) in [6, 6.07) is 10.8. The average molecular weight is 378 g/mol. The molecule has 2 aromatic carbocycles. The summed E-state index contributed by atoms with van der Waals surface area (Å²) >= 11 is 0. The van der Waals surface area contributed by atoms with Crippen molar-refractivity contribution in [2.75, 3.05) is 21.3 Å². The van der Waals surface area contributed by atoms with Gasteiger partial charge in [-0.3, -0.25) is 4.79 Å². The molecule has 1 atom stereocenters. The van der Waals surface area contributed by atoms with E-state index in [4.69, 9.17) is 9.47 Å². The largest absolute Gasteiger partial charge is 0.497 e. The van der Waals surface area contributed by atoms with E-state index in [0.29, 0.717) is 11.5 Å². The first-order valence-corrected chi connectivity index (χ1v) is 9.37. The Balaban J connectivity index is 2.26. The van der Waals surface area contributed by atoms with E-state index < -0.39 is 15.9 Å². The van der Waals surface area contributed by atoms with Crippen LogP contribution in [0.1, 0.15) is 28.9 Å². The van der Waals surface area contributed by atoms with Gasteiger partial charge in [0, 0.05) is 11.1 Å². The smallest absolute Gasteiger partial charge is 0.251 e. The van der Waals surface area contributed by atoms with E-state index in [-0.39, 0.29) is 16.5 Å². The van der Waals surface area contributed by atoms with E-state index in [1.165, 1.54) is 25.2 Å². The molecule has 0 unspecified atom stereocenters. The van der Waals surface area contributed by atoms with Gasteiger partial charge in [-0.15, -0.1) is 0 Å². The number of ether oxygens (including phenoxy) is 2. The molecule has 8 heteroatoms. The van der Waals surface area contributed by atoms with Crippen LogP contribution in [-0.4, -0.2) is 35.6 Å². The van der Waals surface area contributed by atoms with Crippen molar-refractivity contribution in [3.05, 3.63) is 53.6 Å². The molecule has 2 N–H and O–H groups in total. The number of carbonyl (C=O) groups excluding carboxylic acids is 1. The average Bonchev–Trinajstić information content (AvgIpc) is 2.67. The molecule has 0 heterocycles. The third-order valence-corrected chi connectivity index (χ3v) is 5.34. The van der Waals surface area contributed by atoms with Gasteiger partial charge in [0.25, 0.3) is 5.91 Å². The summed E-state index contributed by atoms with van der Waals surface area (Å²) in [5.41, 5.74) is 0.995. The van der Waals surface area contributed by atoms with Crippen LogP contribution < -0.4 is 19.5 Å². The Labute approximate surface area is 153 Å². The minimum absolute atomic E-state index is 0.0271. The van der Waals surface area contributed by atoms with Crippen molar-refractivity contribution < 1.29 is 22.7 Å². The number of amides is 1. The predicted octanol–water partition coefficient (Wildman–Crippen LogP) is 2.10. The normalized spacial score (nSPS) is 12.3. The van der Waals surface area contributed by atoms with Crippen LogP contribution in [0.2, 0.25) is 0 Å². The van der Waals surface area contributed by atoms with E-state index in [2.05, 4.69) is 10.0 Å². The van der Waals surface area contributed by atoms with Gasteiger partial charge in [0.05, 0.1) is 25.2 Å². The number of rotatable bonds is 7. The van der Waals surface area contributed by atoms with Crippen LogP contribution in [0.4, 0.5) is 0 Å². The molecular weight excluding hydrogens is 356 g/mol. The SMILES string of the molecule is CNS(=O)(=O)c1cccc(C(=O)N[C@@H](C)c2cc(OC)ccc2OC)c1. The highest BCUT2D eigenvalue weighted by Crippen LogP contribution is 2.29. The Morgan fingerprint density at radius 3 is 2.42 bits per heavy atom. The van der Waals surface area contributed by atoms with Gasteiger partial charge in [-0.2, -0.15) is 0 Å². The fourth-order valence-electron chi connectivity index (χ4n) is 2.46. The van der Waals surface area contributed by atoms with Crippen LogP contribution in [0.25, 0.3) is 0 Å². The first-order chi connectivity index (χ1) is 12.3. The molecule has 140 valence electrons. The number of sulfonamides is 1. The molecule has 7 nitrogen and oxygen atoms in total. The highest BCUT2D eigenvalue weighted by atomic mass is 32.2. The number of hydrogen-bond donors (Lipinski definition) is 2. The molecule has 0 bridgehead atoms.